The van der Waals surface area contributed by atoms with E-state index in [0.717, 1.165) is 36.5 Å². The smallest absolute Gasteiger partial charge is 0.147 e. The fourth-order valence-electron chi connectivity index (χ4n) is 5.67. The minimum Gasteiger partial charge on any atom is -0.361 e. The highest BCUT2D eigenvalue weighted by molar-refractivity contribution is 5.83. The molecular weight excluding hydrogens is 382 g/mol. The number of aromatic amines is 1. The number of fused-ring (bicyclic) bond motifs is 2. The van der Waals surface area contributed by atoms with Crippen LogP contribution in [0.3, 0.4) is 0 Å². The molecule has 6 rings (SSSR count). The highest BCUT2D eigenvalue weighted by Gasteiger charge is 2.38. The van der Waals surface area contributed by atoms with Gasteiger partial charge in [0.1, 0.15) is 5.82 Å². The molecule has 2 saturated heterocycles. The Bertz CT molecular complexity index is 1200. The summed E-state index contributed by atoms with van der Waals surface area (Å²) in [5, 5.41) is 1.37. The summed E-state index contributed by atoms with van der Waals surface area (Å²) in [6.07, 6.45) is 9.29. The molecule has 2 aliphatic rings. The molecular formula is C26H29N5. The Kier molecular flexibility index (Phi) is 4.64. The molecule has 4 aromatic rings. The fraction of sp³-hybridized carbons (Fsp3) is 0.385. The van der Waals surface area contributed by atoms with Crippen molar-refractivity contribution in [2.75, 3.05) is 31.1 Å². The third-order valence-electron chi connectivity index (χ3n) is 7.39. The van der Waals surface area contributed by atoms with Crippen molar-refractivity contribution in [1.29, 1.82) is 0 Å². The van der Waals surface area contributed by atoms with Gasteiger partial charge in [0.15, 0.2) is 0 Å². The van der Waals surface area contributed by atoms with Gasteiger partial charge in [-0.2, -0.15) is 0 Å². The number of para-hydroxylation sites is 3. The molecule has 2 fully saturated rings. The van der Waals surface area contributed by atoms with Crippen LogP contribution >= 0.6 is 0 Å². The normalized spacial score (nSPS) is 19.4. The molecule has 2 aromatic carbocycles. The zero-order chi connectivity index (χ0) is 20.7. The molecule has 0 saturated carbocycles. The maximum atomic E-state index is 4.88. The molecule has 1 N–H and O–H groups in total. The molecule has 0 atom stereocenters. The minimum atomic E-state index is 0.450. The molecule has 2 aromatic heterocycles. The summed E-state index contributed by atoms with van der Waals surface area (Å²) in [6, 6.07) is 16.8. The Labute approximate surface area is 183 Å². The number of nitrogens with zero attached hydrogens (tertiary/aromatic N) is 4. The monoisotopic (exact) mass is 411 g/mol. The Hall–Kier alpha value is -2.92. The van der Waals surface area contributed by atoms with Gasteiger partial charge in [-0.3, -0.25) is 9.88 Å². The molecule has 1 spiro atoms. The van der Waals surface area contributed by atoms with Gasteiger partial charge in [-0.25, -0.2) is 4.98 Å². The highest BCUT2D eigenvalue weighted by atomic mass is 15.2. The van der Waals surface area contributed by atoms with Crippen LogP contribution in [0, 0.1) is 5.41 Å². The largest absolute Gasteiger partial charge is 0.361 e. The van der Waals surface area contributed by atoms with E-state index in [-0.39, 0.29) is 0 Å². The molecule has 4 heterocycles. The maximum absolute atomic E-state index is 4.88. The second-order valence-corrected chi connectivity index (χ2v) is 9.38. The number of likely N-dealkylation sites (tertiary alicyclic amines) is 1. The average Bonchev–Trinajstić information content (AvgIpc) is 3.22. The van der Waals surface area contributed by atoms with Gasteiger partial charge in [-0.15, -0.1) is 0 Å². The summed E-state index contributed by atoms with van der Waals surface area (Å²) < 4.78 is 0. The van der Waals surface area contributed by atoms with Crippen LogP contribution in [0.4, 0.5) is 5.82 Å². The number of rotatable bonds is 3. The average molecular weight is 412 g/mol. The van der Waals surface area contributed by atoms with Crippen molar-refractivity contribution in [3.63, 3.8) is 0 Å². The zero-order valence-electron chi connectivity index (χ0n) is 17.9. The van der Waals surface area contributed by atoms with E-state index in [1.807, 2.05) is 24.4 Å². The van der Waals surface area contributed by atoms with Crippen molar-refractivity contribution in [1.82, 2.24) is 19.9 Å². The van der Waals surface area contributed by atoms with Crippen LogP contribution in [-0.4, -0.2) is 46.0 Å². The summed E-state index contributed by atoms with van der Waals surface area (Å²) in [7, 11) is 0. The van der Waals surface area contributed by atoms with Crippen LogP contribution in [0.5, 0.6) is 0 Å². The maximum Gasteiger partial charge on any atom is 0.147 e. The molecule has 0 bridgehead atoms. The van der Waals surface area contributed by atoms with Crippen molar-refractivity contribution in [2.45, 2.75) is 32.2 Å². The number of hydrogen-bond donors (Lipinski definition) is 1. The summed E-state index contributed by atoms with van der Waals surface area (Å²) in [4.78, 5) is 18.1. The Balaban J connectivity index is 1.14. The predicted octanol–water partition coefficient (Wildman–Crippen LogP) is 4.99. The van der Waals surface area contributed by atoms with Crippen molar-refractivity contribution in [2.24, 2.45) is 5.41 Å². The van der Waals surface area contributed by atoms with Gasteiger partial charge >= 0.3 is 0 Å². The minimum absolute atomic E-state index is 0.450. The molecule has 2 aliphatic heterocycles. The van der Waals surface area contributed by atoms with E-state index >= 15 is 0 Å². The second kappa shape index (κ2) is 7.65. The third kappa shape index (κ3) is 3.57. The van der Waals surface area contributed by atoms with Gasteiger partial charge in [0.2, 0.25) is 0 Å². The number of anilines is 1. The van der Waals surface area contributed by atoms with E-state index < -0.39 is 0 Å². The van der Waals surface area contributed by atoms with Crippen molar-refractivity contribution in [3.8, 4) is 0 Å². The first kappa shape index (κ1) is 18.8. The standard InChI is InChI=1S/C26H29N5/c1-2-7-22-21(6-1)20(16-27-22)18-30-13-5-10-26(19-30)11-14-31(15-12-26)25-17-28-23-8-3-4-9-24(23)29-25/h1-4,6-9,16-17,27H,5,10-15,18-19H2. The number of H-pyrrole nitrogens is 1. The fourth-order valence-corrected chi connectivity index (χ4v) is 5.67. The van der Waals surface area contributed by atoms with Gasteiger partial charge in [-0.05, 0) is 61.4 Å². The van der Waals surface area contributed by atoms with Crippen molar-refractivity contribution in [3.05, 3.63) is 66.5 Å². The van der Waals surface area contributed by atoms with Crippen LogP contribution in [0.1, 0.15) is 31.2 Å². The Morgan fingerprint density at radius 3 is 2.61 bits per heavy atom. The SMILES string of the molecule is c1ccc2nc(N3CCC4(CCCN(Cc5c[nH]c6ccccc56)C4)CC3)cnc2c1. The van der Waals surface area contributed by atoms with Gasteiger partial charge < -0.3 is 9.88 Å². The van der Waals surface area contributed by atoms with E-state index in [0.29, 0.717) is 5.41 Å². The number of hydrogen-bond acceptors (Lipinski definition) is 4. The number of aromatic nitrogens is 3. The van der Waals surface area contributed by atoms with E-state index in [2.05, 4.69) is 56.3 Å². The number of piperidine rings is 2. The van der Waals surface area contributed by atoms with Crippen LogP contribution < -0.4 is 4.90 Å². The van der Waals surface area contributed by atoms with Gasteiger partial charge in [0, 0.05) is 43.3 Å². The summed E-state index contributed by atoms with van der Waals surface area (Å²) in [5.74, 6) is 1.03. The summed E-state index contributed by atoms with van der Waals surface area (Å²) >= 11 is 0. The molecule has 158 valence electrons. The lowest BCUT2D eigenvalue weighted by atomic mass is 9.72. The number of benzene rings is 2. The zero-order valence-corrected chi connectivity index (χ0v) is 17.9. The van der Waals surface area contributed by atoms with E-state index in [9.17, 15) is 0 Å². The first-order valence-corrected chi connectivity index (χ1v) is 11.5. The first-order chi connectivity index (χ1) is 15.3. The first-order valence-electron chi connectivity index (χ1n) is 11.5. The molecule has 5 nitrogen and oxygen atoms in total. The Morgan fingerprint density at radius 1 is 0.903 bits per heavy atom. The van der Waals surface area contributed by atoms with E-state index in [1.165, 1.54) is 55.2 Å². The van der Waals surface area contributed by atoms with Crippen molar-refractivity contribution < 1.29 is 0 Å². The van der Waals surface area contributed by atoms with Crippen LogP contribution in [-0.2, 0) is 6.54 Å². The van der Waals surface area contributed by atoms with Crippen LogP contribution in [0.2, 0.25) is 0 Å². The summed E-state index contributed by atoms with van der Waals surface area (Å²) in [6.45, 7) is 5.62. The third-order valence-corrected chi connectivity index (χ3v) is 7.39. The van der Waals surface area contributed by atoms with Gasteiger partial charge in [0.25, 0.3) is 0 Å². The predicted molar refractivity (Wildman–Crippen MR) is 126 cm³/mol. The van der Waals surface area contributed by atoms with Gasteiger partial charge in [-0.1, -0.05) is 30.3 Å². The van der Waals surface area contributed by atoms with E-state index in [1.54, 1.807) is 0 Å². The van der Waals surface area contributed by atoms with Gasteiger partial charge in [0.05, 0.1) is 17.2 Å². The molecule has 0 radical (unpaired) electrons. The molecule has 0 aliphatic carbocycles. The molecule has 5 heteroatoms. The number of nitrogens with one attached hydrogen (secondary N) is 1. The lowest BCUT2D eigenvalue weighted by Crippen LogP contribution is -2.49. The van der Waals surface area contributed by atoms with Crippen molar-refractivity contribution >= 4 is 27.8 Å². The lowest BCUT2D eigenvalue weighted by Gasteiger charge is -2.48. The molecule has 0 amide bonds. The highest BCUT2D eigenvalue weighted by Crippen LogP contribution is 2.41. The topological polar surface area (TPSA) is 48.1 Å². The quantitative estimate of drug-likeness (QED) is 0.516. The Morgan fingerprint density at radius 2 is 1.71 bits per heavy atom. The van der Waals surface area contributed by atoms with Crippen LogP contribution in [0.25, 0.3) is 21.9 Å². The van der Waals surface area contributed by atoms with Crippen LogP contribution in [0.15, 0.2) is 60.9 Å². The molecule has 31 heavy (non-hydrogen) atoms. The van der Waals surface area contributed by atoms with E-state index in [4.69, 9.17) is 4.98 Å². The lowest BCUT2D eigenvalue weighted by molar-refractivity contribution is 0.0607. The second-order valence-electron chi connectivity index (χ2n) is 9.38. The molecule has 0 unspecified atom stereocenters. The summed E-state index contributed by atoms with van der Waals surface area (Å²) in [5.41, 5.74) is 5.08.